The van der Waals surface area contributed by atoms with Gasteiger partial charge in [-0.05, 0) is 61.3 Å². The minimum Gasteiger partial charge on any atom is -0.322 e. The largest absolute Gasteiger partial charge is 0.322 e. The molecular weight excluding hydrogens is 391 g/mol. The summed E-state index contributed by atoms with van der Waals surface area (Å²) < 4.78 is 13.9. The van der Waals surface area contributed by atoms with E-state index in [1.165, 1.54) is 12.1 Å². The quantitative estimate of drug-likeness (QED) is 0.459. The van der Waals surface area contributed by atoms with Crippen molar-refractivity contribution in [2.45, 2.75) is 44.4 Å². The number of pyridine rings is 1. The predicted octanol–water partition coefficient (Wildman–Crippen LogP) is 5.53. The van der Waals surface area contributed by atoms with Crippen LogP contribution in [0.3, 0.4) is 0 Å². The maximum atomic E-state index is 13.9. The number of nitrogens with one attached hydrogen (secondary N) is 2. The van der Waals surface area contributed by atoms with Gasteiger partial charge in [-0.15, -0.1) is 0 Å². The number of halogens is 1. The van der Waals surface area contributed by atoms with Gasteiger partial charge < -0.3 is 4.98 Å². The zero-order chi connectivity index (χ0) is 21.4. The molecule has 5 rings (SSSR count). The van der Waals surface area contributed by atoms with E-state index in [1.54, 1.807) is 12.1 Å². The van der Waals surface area contributed by atoms with Crippen molar-refractivity contribution in [3.63, 3.8) is 0 Å². The van der Waals surface area contributed by atoms with Crippen LogP contribution in [-0.2, 0) is 0 Å². The first-order chi connectivity index (χ1) is 15.1. The molecule has 0 radical (unpaired) electrons. The SMILES string of the molecule is C[C@@H](c1nc(-c2ccccc2)n[nH]1)C1CCC(c2cc(=O)[nH]c3ccc(F)cc23)CC1. The first-order valence-corrected chi connectivity index (χ1v) is 10.9. The fourth-order valence-electron chi connectivity index (χ4n) is 4.94. The fourth-order valence-corrected chi connectivity index (χ4v) is 4.94. The second kappa shape index (κ2) is 8.10. The second-order valence-corrected chi connectivity index (χ2v) is 8.59. The Labute approximate surface area is 179 Å². The van der Waals surface area contributed by atoms with E-state index in [9.17, 15) is 9.18 Å². The maximum Gasteiger partial charge on any atom is 0.248 e. The molecule has 2 N–H and O–H groups in total. The Bertz CT molecular complexity index is 1260. The molecule has 0 saturated heterocycles. The van der Waals surface area contributed by atoms with Gasteiger partial charge in [-0.1, -0.05) is 37.3 Å². The van der Waals surface area contributed by atoms with E-state index >= 15 is 0 Å². The van der Waals surface area contributed by atoms with E-state index in [2.05, 4.69) is 22.1 Å². The van der Waals surface area contributed by atoms with Gasteiger partial charge in [-0.25, -0.2) is 9.37 Å². The molecule has 0 bridgehead atoms. The lowest BCUT2D eigenvalue weighted by Gasteiger charge is -2.32. The number of aromatic nitrogens is 4. The third kappa shape index (κ3) is 3.90. The van der Waals surface area contributed by atoms with Crippen molar-refractivity contribution in [3.8, 4) is 11.4 Å². The summed E-state index contributed by atoms with van der Waals surface area (Å²) in [5, 5.41) is 8.36. The molecular formula is C25H25FN4O. The summed E-state index contributed by atoms with van der Waals surface area (Å²) in [4.78, 5) is 19.7. The molecule has 2 aromatic carbocycles. The average molecular weight is 417 g/mol. The summed E-state index contributed by atoms with van der Waals surface area (Å²) >= 11 is 0. The summed E-state index contributed by atoms with van der Waals surface area (Å²) in [7, 11) is 0. The lowest BCUT2D eigenvalue weighted by Crippen LogP contribution is -2.20. The van der Waals surface area contributed by atoms with Gasteiger partial charge in [0.05, 0.1) is 0 Å². The van der Waals surface area contributed by atoms with Crippen molar-refractivity contribution in [2.75, 3.05) is 0 Å². The Balaban J connectivity index is 1.32. The number of nitrogens with zero attached hydrogens (tertiary/aromatic N) is 2. The Morgan fingerprint density at radius 1 is 1.03 bits per heavy atom. The molecule has 0 amide bonds. The van der Waals surface area contributed by atoms with E-state index in [0.29, 0.717) is 11.4 Å². The zero-order valence-corrected chi connectivity index (χ0v) is 17.4. The van der Waals surface area contributed by atoms with Gasteiger partial charge in [0.15, 0.2) is 5.82 Å². The molecule has 0 aliphatic heterocycles. The van der Waals surface area contributed by atoms with Crippen molar-refractivity contribution in [1.82, 2.24) is 20.2 Å². The molecule has 1 fully saturated rings. The summed E-state index contributed by atoms with van der Waals surface area (Å²) in [5.74, 6) is 2.42. The van der Waals surface area contributed by atoms with Gasteiger partial charge in [0.2, 0.25) is 5.56 Å². The highest BCUT2D eigenvalue weighted by atomic mass is 19.1. The molecule has 5 nitrogen and oxygen atoms in total. The maximum absolute atomic E-state index is 13.9. The standard InChI is InChI=1S/C25H25FN4O/c1-15(24-28-25(30-29-24)18-5-3-2-4-6-18)16-7-9-17(10-8-16)20-14-23(31)27-22-12-11-19(26)13-21(20)22/h2-6,11-17H,7-10H2,1H3,(H,27,31)(H,28,29,30)/t15-,16?,17?/m1/s1. The summed E-state index contributed by atoms with van der Waals surface area (Å²) in [6.07, 6.45) is 4.03. The second-order valence-electron chi connectivity index (χ2n) is 8.59. The zero-order valence-electron chi connectivity index (χ0n) is 17.4. The number of benzene rings is 2. The van der Waals surface area contributed by atoms with Gasteiger partial charge >= 0.3 is 0 Å². The highest BCUT2D eigenvalue weighted by Crippen LogP contribution is 2.42. The minimum atomic E-state index is -0.275. The summed E-state index contributed by atoms with van der Waals surface area (Å²) in [6.45, 7) is 2.21. The molecule has 4 aromatic rings. The van der Waals surface area contributed by atoms with Crippen LogP contribution in [0.4, 0.5) is 4.39 Å². The topological polar surface area (TPSA) is 74.4 Å². The summed E-state index contributed by atoms with van der Waals surface area (Å²) in [5.41, 5.74) is 2.55. The van der Waals surface area contributed by atoms with Gasteiger partial charge in [0.1, 0.15) is 11.6 Å². The van der Waals surface area contributed by atoms with E-state index in [1.807, 2.05) is 30.3 Å². The molecule has 2 aromatic heterocycles. The highest BCUT2D eigenvalue weighted by Gasteiger charge is 2.29. The van der Waals surface area contributed by atoms with Crippen LogP contribution in [0.2, 0.25) is 0 Å². The fraction of sp³-hybridized carbons (Fsp3) is 0.320. The van der Waals surface area contributed by atoms with Crippen molar-refractivity contribution in [3.05, 3.63) is 82.2 Å². The Morgan fingerprint density at radius 3 is 2.58 bits per heavy atom. The first-order valence-electron chi connectivity index (χ1n) is 10.9. The smallest absolute Gasteiger partial charge is 0.248 e. The van der Waals surface area contributed by atoms with Crippen LogP contribution in [0.5, 0.6) is 0 Å². The number of hydrogen-bond acceptors (Lipinski definition) is 3. The molecule has 158 valence electrons. The Kier molecular flexibility index (Phi) is 5.14. The minimum absolute atomic E-state index is 0.125. The predicted molar refractivity (Wildman–Crippen MR) is 119 cm³/mol. The number of rotatable bonds is 4. The number of fused-ring (bicyclic) bond motifs is 1. The summed E-state index contributed by atoms with van der Waals surface area (Å²) in [6, 6.07) is 16.2. The van der Waals surface area contributed by atoms with Crippen LogP contribution in [0, 0.1) is 11.7 Å². The van der Waals surface area contributed by atoms with E-state index in [-0.39, 0.29) is 23.2 Å². The third-order valence-corrected chi connectivity index (χ3v) is 6.72. The number of hydrogen-bond donors (Lipinski definition) is 2. The highest BCUT2D eigenvalue weighted by molar-refractivity contribution is 5.82. The van der Waals surface area contributed by atoms with Crippen LogP contribution in [-0.4, -0.2) is 20.2 Å². The monoisotopic (exact) mass is 416 g/mol. The normalized spacial score (nSPS) is 20.1. The molecule has 2 heterocycles. The van der Waals surface area contributed by atoms with Gasteiger partial charge in [0, 0.05) is 28.5 Å². The molecule has 0 spiro atoms. The first kappa shape index (κ1) is 19.7. The Hall–Kier alpha value is -3.28. The van der Waals surface area contributed by atoms with Crippen LogP contribution < -0.4 is 5.56 Å². The molecule has 1 aliphatic rings. The number of H-pyrrole nitrogens is 2. The Morgan fingerprint density at radius 2 is 1.81 bits per heavy atom. The number of aromatic amines is 2. The van der Waals surface area contributed by atoms with Crippen molar-refractivity contribution in [2.24, 2.45) is 5.92 Å². The molecule has 1 saturated carbocycles. The van der Waals surface area contributed by atoms with Gasteiger partial charge in [0.25, 0.3) is 0 Å². The van der Waals surface area contributed by atoms with E-state index in [0.717, 1.165) is 53.8 Å². The lowest BCUT2D eigenvalue weighted by atomic mass is 9.73. The molecule has 1 aliphatic carbocycles. The molecule has 31 heavy (non-hydrogen) atoms. The van der Waals surface area contributed by atoms with Crippen molar-refractivity contribution in [1.29, 1.82) is 0 Å². The third-order valence-electron chi connectivity index (χ3n) is 6.72. The average Bonchev–Trinajstić information content (AvgIpc) is 3.29. The van der Waals surface area contributed by atoms with Gasteiger partial charge in [-0.3, -0.25) is 9.89 Å². The molecule has 1 atom stereocenters. The van der Waals surface area contributed by atoms with E-state index < -0.39 is 0 Å². The van der Waals surface area contributed by atoms with Crippen LogP contribution in [0.25, 0.3) is 22.3 Å². The lowest BCUT2D eigenvalue weighted by molar-refractivity contribution is 0.286. The molecule has 0 unspecified atom stereocenters. The van der Waals surface area contributed by atoms with Crippen LogP contribution in [0.15, 0.2) is 59.4 Å². The van der Waals surface area contributed by atoms with E-state index in [4.69, 9.17) is 4.98 Å². The van der Waals surface area contributed by atoms with Gasteiger partial charge in [-0.2, -0.15) is 5.10 Å². The van der Waals surface area contributed by atoms with Crippen LogP contribution >= 0.6 is 0 Å². The van der Waals surface area contributed by atoms with Crippen molar-refractivity contribution < 1.29 is 4.39 Å². The van der Waals surface area contributed by atoms with Crippen molar-refractivity contribution >= 4 is 10.9 Å². The molecule has 6 heteroatoms. The van der Waals surface area contributed by atoms with Crippen LogP contribution in [0.1, 0.15) is 55.8 Å².